The minimum atomic E-state index is 0.0360. The summed E-state index contributed by atoms with van der Waals surface area (Å²) in [6.07, 6.45) is 3.32. The Kier molecular flexibility index (Phi) is 3.63. The number of aromatic amines is 1. The average Bonchev–Trinajstić information content (AvgIpc) is 3.23. The highest BCUT2D eigenvalue weighted by molar-refractivity contribution is 5.97. The first kappa shape index (κ1) is 16.2. The third kappa shape index (κ3) is 2.74. The van der Waals surface area contributed by atoms with Crippen molar-refractivity contribution in [1.29, 1.82) is 0 Å². The van der Waals surface area contributed by atoms with Crippen LogP contribution in [0.2, 0.25) is 0 Å². The highest BCUT2D eigenvalue weighted by Crippen LogP contribution is 2.27. The lowest BCUT2D eigenvalue weighted by molar-refractivity contribution is 0.0705. The van der Waals surface area contributed by atoms with E-state index in [1.807, 2.05) is 37.1 Å². The molecular weight excluding hydrogens is 340 g/mol. The van der Waals surface area contributed by atoms with Crippen LogP contribution in [0.1, 0.15) is 33.9 Å². The quantitative estimate of drug-likeness (QED) is 0.772. The zero-order valence-electron chi connectivity index (χ0n) is 15.6. The van der Waals surface area contributed by atoms with Crippen molar-refractivity contribution in [3.05, 3.63) is 46.9 Å². The summed E-state index contributed by atoms with van der Waals surface area (Å²) >= 11 is 0. The maximum Gasteiger partial charge on any atom is 0.254 e. The Morgan fingerprint density at radius 2 is 2.07 bits per heavy atom. The molecule has 1 aliphatic carbocycles. The molecule has 2 aromatic heterocycles. The third-order valence-corrected chi connectivity index (χ3v) is 5.71. The second-order valence-corrected chi connectivity index (χ2v) is 7.56. The molecule has 7 nitrogen and oxygen atoms in total. The van der Waals surface area contributed by atoms with E-state index in [1.165, 1.54) is 12.0 Å². The summed E-state index contributed by atoms with van der Waals surface area (Å²) in [5.74, 6) is 1.82. The smallest absolute Gasteiger partial charge is 0.254 e. The van der Waals surface area contributed by atoms with Crippen LogP contribution in [0.15, 0.2) is 24.3 Å². The van der Waals surface area contributed by atoms with Crippen LogP contribution in [0.4, 0.5) is 5.82 Å². The van der Waals surface area contributed by atoms with E-state index in [9.17, 15) is 4.79 Å². The van der Waals surface area contributed by atoms with Gasteiger partial charge in [-0.05, 0) is 56.0 Å². The molecule has 3 heterocycles. The van der Waals surface area contributed by atoms with Crippen LogP contribution in [0.3, 0.4) is 0 Å². The first-order valence-electron chi connectivity index (χ1n) is 9.42. The number of nitrogens with zero attached hydrogens (tertiary/aromatic N) is 5. The third-order valence-electron chi connectivity index (χ3n) is 5.71. The minimum Gasteiger partial charge on any atom is -0.351 e. The van der Waals surface area contributed by atoms with Gasteiger partial charge in [-0.2, -0.15) is 5.10 Å². The van der Waals surface area contributed by atoms with Crippen LogP contribution < -0.4 is 4.90 Å². The van der Waals surface area contributed by atoms with Crippen LogP contribution in [0.5, 0.6) is 0 Å². The van der Waals surface area contributed by atoms with Gasteiger partial charge in [-0.15, -0.1) is 5.10 Å². The molecule has 7 heteroatoms. The first-order chi connectivity index (χ1) is 13.1. The number of carbonyl (C=O) groups excluding carboxylic acids is 1. The molecule has 27 heavy (non-hydrogen) atoms. The van der Waals surface area contributed by atoms with Gasteiger partial charge >= 0.3 is 0 Å². The lowest BCUT2D eigenvalue weighted by Crippen LogP contribution is -2.60. The van der Waals surface area contributed by atoms with Gasteiger partial charge in [0.1, 0.15) is 5.82 Å². The molecule has 0 bridgehead atoms. The largest absolute Gasteiger partial charge is 0.351 e. The molecule has 5 rings (SSSR count). The minimum absolute atomic E-state index is 0.0360. The summed E-state index contributed by atoms with van der Waals surface area (Å²) in [5.41, 5.74) is 4.94. The lowest BCUT2D eigenvalue weighted by Gasteiger charge is -2.44. The Hall–Kier alpha value is -2.96. The molecule has 1 amide bonds. The molecule has 2 aliphatic rings. The molecule has 3 aromatic rings. The topological polar surface area (TPSA) is 78.0 Å². The van der Waals surface area contributed by atoms with Crippen LogP contribution in [-0.2, 0) is 12.8 Å². The molecule has 138 valence electrons. The van der Waals surface area contributed by atoms with Crippen LogP contribution >= 0.6 is 0 Å². The van der Waals surface area contributed by atoms with Crippen LogP contribution in [-0.4, -0.2) is 57.2 Å². The van der Waals surface area contributed by atoms with E-state index in [4.69, 9.17) is 0 Å². The summed E-state index contributed by atoms with van der Waals surface area (Å²) in [6.45, 7) is 3.50. The SMILES string of the molecule is Cc1nc2ccc(C(=O)N(C)C3CN(c4cc5c(nn4)CCC5)C3)cc2[nH]1. The van der Waals surface area contributed by atoms with Gasteiger partial charge in [0.05, 0.1) is 22.8 Å². The van der Waals surface area contributed by atoms with E-state index in [2.05, 4.69) is 31.1 Å². The van der Waals surface area contributed by atoms with Crippen molar-refractivity contribution in [1.82, 2.24) is 25.1 Å². The van der Waals surface area contributed by atoms with Crippen molar-refractivity contribution in [2.24, 2.45) is 0 Å². The lowest BCUT2D eigenvalue weighted by atomic mass is 10.1. The molecule has 1 aliphatic heterocycles. The Morgan fingerprint density at radius 3 is 2.93 bits per heavy atom. The number of likely N-dealkylation sites (N-methyl/N-ethyl adjacent to an activating group) is 1. The number of aryl methyl sites for hydroxylation is 3. The molecule has 1 aromatic carbocycles. The Bertz CT molecular complexity index is 1040. The molecule has 1 N–H and O–H groups in total. The van der Waals surface area contributed by atoms with Gasteiger partial charge in [-0.3, -0.25) is 4.79 Å². The zero-order chi connectivity index (χ0) is 18.5. The molecular formula is C20H22N6O. The van der Waals surface area contributed by atoms with E-state index < -0.39 is 0 Å². The highest BCUT2D eigenvalue weighted by Gasteiger charge is 2.34. The van der Waals surface area contributed by atoms with Gasteiger partial charge in [0.25, 0.3) is 5.91 Å². The fourth-order valence-corrected chi connectivity index (χ4v) is 4.00. The second kappa shape index (κ2) is 6.04. The van der Waals surface area contributed by atoms with Crippen molar-refractivity contribution in [2.75, 3.05) is 25.0 Å². The number of rotatable bonds is 3. The number of H-pyrrole nitrogens is 1. The number of hydrogen-bond acceptors (Lipinski definition) is 5. The molecule has 0 saturated carbocycles. The van der Waals surface area contributed by atoms with Gasteiger partial charge in [0.15, 0.2) is 5.82 Å². The van der Waals surface area contributed by atoms with Gasteiger partial charge < -0.3 is 14.8 Å². The molecule has 0 unspecified atom stereocenters. The maximum absolute atomic E-state index is 12.9. The molecule has 1 fully saturated rings. The summed E-state index contributed by atoms with van der Waals surface area (Å²) in [4.78, 5) is 24.5. The maximum atomic E-state index is 12.9. The predicted molar refractivity (Wildman–Crippen MR) is 103 cm³/mol. The van der Waals surface area contributed by atoms with Gasteiger partial charge in [0.2, 0.25) is 0 Å². The van der Waals surface area contributed by atoms with Crippen molar-refractivity contribution in [3.63, 3.8) is 0 Å². The monoisotopic (exact) mass is 362 g/mol. The highest BCUT2D eigenvalue weighted by atomic mass is 16.2. The molecule has 0 atom stereocenters. The standard InChI is InChI=1S/C20H22N6O/c1-12-21-17-7-6-14(8-18(17)22-12)20(27)25(2)15-10-26(11-15)19-9-13-4-3-5-16(13)23-24-19/h6-9,15H,3-5,10-11H2,1-2H3,(H,21,22). The molecule has 0 spiro atoms. The van der Waals surface area contributed by atoms with E-state index in [0.29, 0.717) is 5.56 Å². The summed E-state index contributed by atoms with van der Waals surface area (Å²) in [5, 5.41) is 8.73. The van der Waals surface area contributed by atoms with Crippen LogP contribution in [0.25, 0.3) is 11.0 Å². The summed E-state index contributed by atoms with van der Waals surface area (Å²) < 4.78 is 0. The number of fused-ring (bicyclic) bond motifs is 2. The first-order valence-corrected chi connectivity index (χ1v) is 9.42. The predicted octanol–water partition coefficient (Wildman–Crippen LogP) is 2.11. The normalized spacial score (nSPS) is 16.4. The number of anilines is 1. The number of amides is 1. The summed E-state index contributed by atoms with van der Waals surface area (Å²) in [6, 6.07) is 7.99. The zero-order valence-corrected chi connectivity index (χ0v) is 15.6. The Morgan fingerprint density at radius 1 is 1.22 bits per heavy atom. The van der Waals surface area contributed by atoms with E-state index >= 15 is 0 Å². The fourth-order valence-electron chi connectivity index (χ4n) is 4.00. The number of hydrogen-bond donors (Lipinski definition) is 1. The van der Waals surface area contributed by atoms with E-state index in [-0.39, 0.29) is 11.9 Å². The fraction of sp³-hybridized carbons (Fsp3) is 0.400. The van der Waals surface area contributed by atoms with E-state index in [0.717, 1.165) is 54.3 Å². The Balaban J connectivity index is 1.27. The number of nitrogens with one attached hydrogen (secondary N) is 1. The number of imidazole rings is 1. The second-order valence-electron chi connectivity index (χ2n) is 7.56. The number of aromatic nitrogens is 4. The summed E-state index contributed by atoms with van der Waals surface area (Å²) in [7, 11) is 1.88. The molecule has 1 saturated heterocycles. The van der Waals surface area contributed by atoms with Gasteiger partial charge in [0, 0.05) is 25.7 Å². The van der Waals surface area contributed by atoms with E-state index in [1.54, 1.807) is 0 Å². The number of carbonyl (C=O) groups is 1. The number of benzene rings is 1. The van der Waals surface area contributed by atoms with Crippen molar-refractivity contribution in [2.45, 2.75) is 32.2 Å². The van der Waals surface area contributed by atoms with Crippen LogP contribution in [0, 0.1) is 6.92 Å². The molecule has 0 radical (unpaired) electrons. The van der Waals surface area contributed by atoms with Gasteiger partial charge in [-0.1, -0.05) is 0 Å². The van der Waals surface area contributed by atoms with Crippen molar-refractivity contribution in [3.8, 4) is 0 Å². The van der Waals surface area contributed by atoms with Gasteiger partial charge in [-0.25, -0.2) is 4.98 Å². The average molecular weight is 362 g/mol. The van der Waals surface area contributed by atoms with Crippen molar-refractivity contribution >= 4 is 22.8 Å². The van der Waals surface area contributed by atoms with Crippen molar-refractivity contribution < 1.29 is 4.79 Å². The Labute approximate surface area is 157 Å².